The Hall–Kier alpha value is -0.640. The highest BCUT2D eigenvalue weighted by Gasteiger charge is 2.52. The zero-order chi connectivity index (χ0) is 18.2. The molecule has 0 amide bonds. The Morgan fingerprint density at radius 3 is 2.64 bits per heavy atom. The highest BCUT2D eigenvalue weighted by atomic mass is 16.7. The zero-order valence-corrected chi connectivity index (χ0v) is 16.8. The minimum Gasteiger partial charge on any atom is -0.374 e. The van der Waals surface area contributed by atoms with E-state index in [-0.39, 0.29) is 12.4 Å². The van der Waals surface area contributed by atoms with Gasteiger partial charge in [-0.15, -0.1) is 0 Å². The second-order valence-electron chi connectivity index (χ2n) is 9.22. The predicted octanol–water partition coefficient (Wildman–Crippen LogP) is 5.12. The van der Waals surface area contributed by atoms with Gasteiger partial charge in [0.05, 0.1) is 6.61 Å². The van der Waals surface area contributed by atoms with E-state index in [0.717, 1.165) is 17.9 Å². The first-order chi connectivity index (χ1) is 11.8. The van der Waals surface area contributed by atoms with Crippen molar-refractivity contribution < 1.29 is 14.2 Å². The molecule has 0 N–H and O–H groups in total. The Labute approximate surface area is 153 Å². The van der Waals surface area contributed by atoms with Gasteiger partial charge in [0.2, 0.25) is 0 Å². The van der Waals surface area contributed by atoms with Crippen LogP contribution in [0.25, 0.3) is 0 Å². The minimum absolute atomic E-state index is 0.0215. The van der Waals surface area contributed by atoms with Crippen LogP contribution in [-0.2, 0) is 14.2 Å². The van der Waals surface area contributed by atoms with Gasteiger partial charge in [0.1, 0.15) is 6.10 Å². The Bertz CT molecular complexity index is 521. The van der Waals surface area contributed by atoms with Gasteiger partial charge in [0, 0.05) is 19.8 Å². The van der Waals surface area contributed by atoms with Crippen molar-refractivity contribution in [2.24, 2.45) is 22.7 Å². The van der Waals surface area contributed by atoms with Crippen molar-refractivity contribution in [1.29, 1.82) is 0 Å². The molecular weight excluding hydrogens is 312 g/mol. The van der Waals surface area contributed by atoms with E-state index < -0.39 is 0 Å². The third-order valence-corrected chi connectivity index (χ3v) is 7.45. The quantitative estimate of drug-likeness (QED) is 0.660. The lowest BCUT2D eigenvalue weighted by Gasteiger charge is -2.58. The van der Waals surface area contributed by atoms with E-state index in [1.807, 2.05) is 0 Å². The van der Waals surface area contributed by atoms with Gasteiger partial charge in [-0.25, -0.2) is 0 Å². The first-order valence-electron chi connectivity index (χ1n) is 9.88. The standard InChI is InChI=1S/C22H36O3/c1-15-8-11-19-21(2,3)12-7-13-22(19,4)17(15)10-9-16-18(23-5)14-25-20(16)24-6/h9,17-20H,1,7-8,10-14H2,2-6H3. The smallest absolute Gasteiger partial charge is 0.182 e. The fourth-order valence-electron chi connectivity index (χ4n) is 6.12. The maximum Gasteiger partial charge on any atom is 0.182 e. The van der Waals surface area contributed by atoms with Crippen molar-refractivity contribution >= 4 is 0 Å². The minimum atomic E-state index is -0.256. The number of ether oxygens (including phenoxy) is 3. The highest BCUT2D eigenvalue weighted by molar-refractivity contribution is 5.21. The van der Waals surface area contributed by atoms with Gasteiger partial charge in [-0.05, 0) is 54.8 Å². The fourth-order valence-corrected chi connectivity index (χ4v) is 6.12. The third-order valence-electron chi connectivity index (χ3n) is 7.45. The molecule has 5 atom stereocenters. The number of hydrogen-bond acceptors (Lipinski definition) is 3. The Morgan fingerprint density at radius 1 is 1.20 bits per heavy atom. The van der Waals surface area contributed by atoms with Crippen molar-refractivity contribution in [2.75, 3.05) is 20.8 Å². The van der Waals surface area contributed by atoms with E-state index in [9.17, 15) is 0 Å². The summed E-state index contributed by atoms with van der Waals surface area (Å²) in [7, 11) is 3.46. The van der Waals surface area contributed by atoms with Crippen molar-refractivity contribution in [2.45, 2.75) is 71.7 Å². The molecule has 0 spiro atoms. The molecule has 2 saturated carbocycles. The highest BCUT2D eigenvalue weighted by Crippen LogP contribution is 2.61. The molecule has 0 bridgehead atoms. The molecule has 25 heavy (non-hydrogen) atoms. The Kier molecular flexibility index (Phi) is 5.49. The van der Waals surface area contributed by atoms with Crippen LogP contribution in [0.5, 0.6) is 0 Å². The SMILES string of the molecule is C=C1CCC2C(C)(C)CCCC2(C)C1CC=C1C(OC)COC1OC. The van der Waals surface area contributed by atoms with Gasteiger partial charge in [0.25, 0.3) is 0 Å². The van der Waals surface area contributed by atoms with E-state index in [1.54, 1.807) is 14.2 Å². The van der Waals surface area contributed by atoms with Crippen LogP contribution in [0.1, 0.15) is 59.3 Å². The van der Waals surface area contributed by atoms with Gasteiger partial charge in [0.15, 0.2) is 6.29 Å². The number of fused-ring (bicyclic) bond motifs is 1. The molecule has 0 radical (unpaired) electrons. The second kappa shape index (κ2) is 7.17. The van der Waals surface area contributed by atoms with Gasteiger partial charge < -0.3 is 14.2 Å². The van der Waals surface area contributed by atoms with Gasteiger partial charge in [-0.1, -0.05) is 45.4 Å². The Balaban J connectivity index is 1.84. The predicted molar refractivity (Wildman–Crippen MR) is 101 cm³/mol. The molecule has 3 rings (SSSR count). The molecule has 0 aromatic carbocycles. The lowest BCUT2D eigenvalue weighted by molar-refractivity contribution is -0.0733. The van der Waals surface area contributed by atoms with E-state index >= 15 is 0 Å². The first kappa shape index (κ1) is 19.1. The van der Waals surface area contributed by atoms with Crippen LogP contribution in [0.4, 0.5) is 0 Å². The van der Waals surface area contributed by atoms with Crippen LogP contribution in [0, 0.1) is 22.7 Å². The summed E-state index contributed by atoms with van der Waals surface area (Å²) in [5.41, 5.74) is 3.40. The van der Waals surface area contributed by atoms with E-state index in [0.29, 0.717) is 23.4 Å². The number of methoxy groups -OCH3 is 2. The molecule has 3 heteroatoms. The molecule has 142 valence electrons. The summed E-state index contributed by atoms with van der Waals surface area (Å²) in [6.45, 7) is 12.5. The second-order valence-corrected chi connectivity index (χ2v) is 9.22. The van der Waals surface area contributed by atoms with Gasteiger partial charge >= 0.3 is 0 Å². The molecule has 0 aromatic heterocycles. The Morgan fingerprint density at radius 2 is 1.96 bits per heavy atom. The summed E-state index contributed by atoms with van der Waals surface area (Å²) >= 11 is 0. The number of rotatable bonds is 4. The molecule has 5 unspecified atom stereocenters. The van der Waals surface area contributed by atoms with Gasteiger partial charge in [-0.3, -0.25) is 0 Å². The van der Waals surface area contributed by atoms with Crippen molar-refractivity contribution in [3.05, 3.63) is 23.8 Å². The fraction of sp³-hybridized carbons (Fsp3) is 0.818. The topological polar surface area (TPSA) is 27.7 Å². The molecule has 0 aromatic rings. The summed E-state index contributed by atoms with van der Waals surface area (Å²) in [6.07, 6.45) is 9.63. The lowest BCUT2D eigenvalue weighted by Crippen LogP contribution is -2.49. The van der Waals surface area contributed by atoms with Crippen molar-refractivity contribution in [3.63, 3.8) is 0 Å². The molecule has 1 aliphatic heterocycles. The molecule has 3 aliphatic rings. The van der Waals surface area contributed by atoms with Crippen molar-refractivity contribution in [3.8, 4) is 0 Å². The average molecular weight is 349 g/mol. The maximum atomic E-state index is 5.71. The molecule has 3 fully saturated rings. The van der Waals surface area contributed by atoms with Crippen LogP contribution in [0.3, 0.4) is 0 Å². The van der Waals surface area contributed by atoms with Crippen LogP contribution < -0.4 is 0 Å². The van der Waals surface area contributed by atoms with E-state index in [1.165, 1.54) is 37.7 Å². The third kappa shape index (κ3) is 3.36. The summed E-state index contributed by atoms with van der Waals surface area (Å²) < 4.78 is 16.8. The lowest BCUT2D eigenvalue weighted by atomic mass is 9.47. The average Bonchev–Trinajstić information content (AvgIpc) is 2.95. The van der Waals surface area contributed by atoms with Crippen LogP contribution in [0.2, 0.25) is 0 Å². The van der Waals surface area contributed by atoms with Crippen LogP contribution >= 0.6 is 0 Å². The summed E-state index contributed by atoms with van der Waals surface area (Å²) in [5.74, 6) is 1.34. The van der Waals surface area contributed by atoms with E-state index in [2.05, 4.69) is 33.4 Å². The van der Waals surface area contributed by atoms with Crippen molar-refractivity contribution in [1.82, 2.24) is 0 Å². The zero-order valence-electron chi connectivity index (χ0n) is 16.8. The molecule has 1 heterocycles. The van der Waals surface area contributed by atoms with Crippen LogP contribution in [-0.4, -0.2) is 33.2 Å². The van der Waals surface area contributed by atoms with Gasteiger partial charge in [-0.2, -0.15) is 0 Å². The van der Waals surface area contributed by atoms with E-state index in [4.69, 9.17) is 14.2 Å². The maximum absolute atomic E-state index is 5.71. The molecule has 2 aliphatic carbocycles. The number of hydrogen-bond donors (Lipinski definition) is 0. The molecule has 1 saturated heterocycles. The summed E-state index contributed by atoms with van der Waals surface area (Å²) in [6, 6.07) is 0. The molecular formula is C22H36O3. The van der Waals surface area contributed by atoms with Crippen LogP contribution in [0.15, 0.2) is 23.8 Å². The first-order valence-corrected chi connectivity index (χ1v) is 9.88. The summed E-state index contributed by atoms with van der Waals surface area (Å²) in [4.78, 5) is 0. The largest absolute Gasteiger partial charge is 0.374 e. The summed E-state index contributed by atoms with van der Waals surface area (Å²) in [5, 5.41) is 0. The monoisotopic (exact) mass is 348 g/mol. The molecule has 3 nitrogen and oxygen atoms in total. The normalized spacial score (nSPS) is 42.6. The number of allylic oxidation sites excluding steroid dienone is 2.